The van der Waals surface area contributed by atoms with Gasteiger partial charge in [-0.15, -0.1) is 13.2 Å². The highest BCUT2D eigenvalue weighted by Crippen LogP contribution is 2.43. The molecule has 6 nitrogen and oxygen atoms in total. The summed E-state index contributed by atoms with van der Waals surface area (Å²) in [5, 5.41) is 0. The van der Waals surface area contributed by atoms with Gasteiger partial charge in [-0.25, -0.2) is 8.42 Å². The van der Waals surface area contributed by atoms with Crippen molar-refractivity contribution in [3.8, 4) is 17.2 Å². The SMILES string of the molecule is COc1ccc([C@@H]2CCCN2S(=O)(=O)c2ccccc2OC(F)(F)F)c(OC)c1. The molecule has 2 aromatic carbocycles. The molecular formula is C19H20F3NO5S. The van der Waals surface area contributed by atoms with Gasteiger partial charge in [0.25, 0.3) is 0 Å². The van der Waals surface area contributed by atoms with Crippen LogP contribution in [0.25, 0.3) is 0 Å². The summed E-state index contributed by atoms with van der Waals surface area (Å²) in [6, 6.07) is 9.18. The maximum absolute atomic E-state index is 13.3. The summed E-state index contributed by atoms with van der Waals surface area (Å²) in [5.74, 6) is 0.227. The lowest BCUT2D eigenvalue weighted by atomic mass is 10.0. The zero-order valence-electron chi connectivity index (χ0n) is 15.8. The molecule has 0 unspecified atom stereocenters. The lowest BCUT2D eigenvalue weighted by Crippen LogP contribution is -2.31. The summed E-state index contributed by atoms with van der Waals surface area (Å²) in [6.07, 6.45) is -3.94. The predicted molar refractivity (Wildman–Crippen MR) is 98.5 cm³/mol. The third-order valence-corrected chi connectivity index (χ3v) is 6.61. The van der Waals surface area contributed by atoms with Crippen LogP contribution in [0.5, 0.6) is 17.2 Å². The number of para-hydroxylation sites is 1. The van der Waals surface area contributed by atoms with E-state index >= 15 is 0 Å². The first kappa shape index (κ1) is 21.3. The number of ether oxygens (including phenoxy) is 3. The Bertz CT molecular complexity index is 978. The van der Waals surface area contributed by atoms with Crippen LogP contribution in [0.4, 0.5) is 13.2 Å². The maximum Gasteiger partial charge on any atom is 0.573 e. The molecule has 1 aliphatic rings. The summed E-state index contributed by atoms with van der Waals surface area (Å²) in [6.45, 7) is 0.169. The molecule has 29 heavy (non-hydrogen) atoms. The first-order chi connectivity index (χ1) is 13.7. The molecule has 0 radical (unpaired) electrons. The van der Waals surface area contributed by atoms with Crippen molar-refractivity contribution in [1.82, 2.24) is 4.31 Å². The van der Waals surface area contributed by atoms with Gasteiger partial charge in [0.15, 0.2) is 0 Å². The van der Waals surface area contributed by atoms with Crippen LogP contribution < -0.4 is 14.2 Å². The summed E-state index contributed by atoms with van der Waals surface area (Å²) < 4.78 is 80.4. The van der Waals surface area contributed by atoms with Gasteiger partial charge in [-0.3, -0.25) is 0 Å². The van der Waals surface area contributed by atoms with Gasteiger partial charge in [0.2, 0.25) is 10.0 Å². The highest BCUT2D eigenvalue weighted by molar-refractivity contribution is 7.89. The van der Waals surface area contributed by atoms with E-state index in [0.717, 1.165) is 12.1 Å². The largest absolute Gasteiger partial charge is 0.573 e. The van der Waals surface area contributed by atoms with Gasteiger partial charge < -0.3 is 14.2 Å². The third-order valence-electron chi connectivity index (χ3n) is 4.66. The van der Waals surface area contributed by atoms with Crippen molar-refractivity contribution in [2.45, 2.75) is 30.1 Å². The molecule has 158 valence electrons. The predicted octanol–water partition coefficient (Wildman–Crippen LogP) is 4.13. The normalized spacial score (nSPS) is 17.9. The van der Waals surface area contributed by atoms with E-state index in [4.69, 9.17) is 9.47 Å². The number of hydrogen-bond donors (Lipinski definition) is 0. The highest BCUT2D eigenvalue weighted by Gasteiger charge is 2.40. The first-order valence-corrected chi connectivity index (χ1v) is 10.2. The van der Waals surface area contributed by atoms with Crippen LogP contribution >= 0.6 is 0 Å². The number of alkyl halides is 3. The van der Waals surface area contributed by atoms with E-state index in [1.54, 1.807) is 18.2 Å². The lowest BCUT2D eigenvalue weighted by Gasteiger charge is -2.26. The maximum atomic E-state index is 13.3. The molecule has 1 heterocycles. The highest BCUT2D eigenvalue weighted by atomic mass is 32.2. The Morgan fingerprint density at radius 1 is 1.03 bits per heavy atom. The van der Waals surface area contributed by atoms with Crippen molar-refractivity contribution in [2.24, 2.45) is 0 Å². The molecule has 0 bridgehead atoms. The third kappa shape index (κ3) is 4.43. The molecule has 0 saturated carbocycles. The number of halogens is 3. The monoisotopic (exact) mass is 431 g/mol. The summed E-state index contributed by atoms with van der Waals surface area (Å²) in [4.78, 5) is -0.531. The van der Waals surface area contributed by atoms with E-state index in [0.29, 0.717) is 29.9 Å². The summed E-state index contributed by atoms with van der Waals surface area (Å²) in [5.41, 5.74) is 0.614. The van der Waals surface area contributed by atoms with E-state index in [9.17, 15) is 21.6 Å². The van der Waals surface area contributed by atoms with Crippen LogP contribution in [-0.4, -0.2) is 39.8 Å². The standard InChI is InChI=1S/C19H20F3NO5S/c1-26-13-9-10-14(17(12-13)27-2)15-6-5-11-23(15)29(24,25)18-8-4-3-7-16(18)28-19(20,21)22/h3-4,7-10,12,15H,5-6,11H2,1-2H3/t15-/m0/s1. The Kier molecular flexibility index (Phi) is 5.95. The van der Waals surface area contributed by atoms with E-state index in [1.807, 2.05) is 0 Å². The number of nitrogens with zero attached hydrogens (tertiary/aromatic N) is 1. The Morgan fingerprint density at radius 2 is 1.76 bits per heavy atom. The average Bonchev–Trinajstić information content (AvgIpc) is 3.17. The molecule has 1 atom stereocenters. The van der Waals surface area contributed by atoms with Gasteiger partial charge in [0.05, 0.1) is 20.3 Å². The van der Waals surface area contributed by atoms with Crippen LogP contribution in [-0.2, 0) is 10.0 Å². The number of benzene rings is 2. The van der Waals surface area contributed by atoms with E-state index < -0.39 is 33.1 Å². The molecule has 0 aliphatic carbocycles. The molecule has 0 spiro atoms. The van der Waals surface area contributed by atoms with Crippen molar-refractivity contribution in [3.63, 3.8) is 0 Å². The molecule has 0 N–H and O–H groups in total. The minimum absolute atomic E-state index is 0.169. The van der Waals surface area contributed by atoms with E-state index in [2.05, 4.69) is 4.74 Å². The molecule has 1 fully saturated rings. The van der Waals surface area contributed by atoms with Gasteiger partial charge >= 0.3 is 6.36 Å². The lowest BCUT2D eigenvalue weighted by molar-refractivity contribution is -0.275. The fourth-order valence-electron chi connectivity index (χ4n) is 3.43. The second-order valence-corrected chi connectivity index (χ2v) is 8.24. The molecule has 10 heteroatoms. The number of rotatable bonds is 6. The minimum atomic E-state index is -5.00. The zero-order chi connectivity index (χ0) is 21.2. The Hall–Kier alpha value is -2.46. The molecule has 1 saturated heterocycles. The second-order valence-electron chi connectivity index (χ2n) is 6.38. The van der Waals surface area contributed by atoms with Crippen LogP contribution in [0, 0.1) is 0 Å². The van der Waals surface area contributed by atoms with Gasteiger partial charge in [-0.1, -0.05) is 18.2 Å². The fourth-order valence-corrected chi connectivity index (χ4v) is 5.22. The van der Waals surface area contributed by atoms with Crippen molar-refractivity contribution in [2.75, 3.05) is 20.8 Å². The van der Waals surface area contributed by atoms with Crippen LogP contribution in [0.3, 0.4) is 0 Å². The van der Waals surface area contributed by atoms with Crippen LogP contribution in [0.15, 0.2) is 47.4 Å². The van der Waals surface area contributed by atoms with Gasteiger partial charge in [0, 0.05) is 18.2 Å². The average molecular weight is 431 g/mol. The Morgan fingerprint density at radius 3 is 2.41 bits per heavy atom. The smallest absolute Gasteiger partial charge is 0.497 e. The first-order valence-electron chi connectivity index (χ1n) is 8.76. The van der Waals surface area contributed by atoms with E-state index in [1.165, 1.54) is 30.7 Å². The van der Waals surface area contributed by atoms with Crippen molar-refractivity contribution in [1.29, 1.82) is 0 Å². The number of hydrogen-bond acceptors (Lipinski definition) is 5. The molecule has 1 aliphatic heterocycles. The molecule has 0 aromatic heterocycles. The summed E-state index contributed by atoms with van der Waals surface area (Å²) in [7, 11) is -1.30. The fraction of sp³-hybridized carbons (Fsp3) is 0.368. The van der Waals surface area contributed by atoms with Crippen molar-refractivity contribution >= 4 is 10.0 Å². The Labute approximate surface area is 166 Å². The zero-order valence-corrected chi connectivity index (χ0v) is 16.6. The minimum Gasteiger partial charge on any atom is -0.497 e. The molecular weight excluding hydrogens is 411 g/mol. The van der Waals surface area contributed by atoms with Crippen molar-refractivity contribution in [3.05, 3.63) is 48.0 Å². The quantitative estimate of drug-likeness (QED) is 0.688. The van der Waals surface area contributed by atoms with E-state index in [-0.39, 0.29) is 6.54 Å². The Balaban J connectivity index is 2.02. The van der Waals surface area contributed by atoms with Crippen LogP contribution in [0.1, 0.15) is 24.4 Å². The topological polar surface area (TPSA) is 65.1 Å². The molecule has 2 aromatic rings. The van der Waals surface area contributed by atoms with Crippen molar-refractivity contribution < 1.29 is 35.8 Å². The van der Waals surface area contributed by atoms with Gasteiger partial charge in [-0.05, 0) is 31.0 Å². The van der Waals surface area contributed by atoms with Crippen LogP contribution in [0.2, 0.25) is 0 Å². The van der Waals surface area contributed by atoms with Gasteiger partial charge in [-0.2, -0.15) is 4.31 Å². The molecule has 3 rings (SSSR count). The number of sulfonamides is 1. The number of methoxy groups -OCH3 is 2. The summed E-state index contributed by atoms with van der Waals surface area (Å²) >= 11 is 0. The van der Waals surface area contributed by atoms with Gasteiger partial charge in [0.1, 0.15) is 22.1 Å². The molecule has 0 amide bonds. The second kappa shape index (κ2) is 8.11.